The largest absolute Gasteiger partial charge is 0.516 e. The fourth-order valence-corrected chi connectivity index (χ4v) is 3.27. The zero-order chi connectivity index (χ0) is 18.4. The van der Waals surface area contributed by atoms with Crippen LogP contribution in [0.3, 0.4) is 0 Å². The molecule has 0 aliphatic heterocycles. The van der Waals surface area contributed by atoms with E-state index in [2.05, 4.69) is 6.92 Å². The maximum absolute atomic E-state index is 9.50. The molecule has 2 N–H and O–H groups in total. The third-order valence-electron chi connectivity index (χ3n) is 4.91. The van der Waals surface area contributed by atoms with Gasteiger partial charge in [0, 0.05) is 6.42 Å². The molecule has 2 nitrogen and oxygen atoms in total. The number of hydrogen-bond donors (Lipinski definition) is 2. The smallest absolute Gasteiger partial charge is 0.0923 e. The van der Waals surface area contributed by atoms with Crippen LogP contribution in [0.1, 0.15) is 122 Å². The molecule has 0 atom stereocenters. The second-order valence-corrected chi connectivity index (χ2v) is 7.41. The summed E-state index contributed by atoms with van der Waals surface area (Å²) < 4.78 is 0. The van der Waals surface area contributed by atoms with Crippen molar-refractivity contribution in [3.63, 3.8) is 0 Å². The lowest BCUT2D eigenvalue weighted by Gasteiger charge is -2.04. The van der Waals surface area contributed by atoms with Crippen molar-refractivity contribution in [3.05, 3.63) is 24.2 Å². The molecule has 0 amide bonds. The van der Waals surface area contributed by atoms with E-state index < -0.39 is 0 Å². The molecule has 0 aromatic carbocycles. The van der Waals surface area contributed by atoms with E-state index in [0.717, 1.165) is 19.1 Å². The average Bonchev–Trinajstić information content (AvgIpc) is 2.62. The molecular formula is C23H44O2. The van der Waals surface area contributed by atoms with Crippen molar-refractivity contribution in [3.8, 4) is 0 Å². The third kappa shape index (κ3) is 21.0. The summed E-state index contributed by atoms with van der Waals surface area (Å²) in [5, 5.41) is 18.0. The molecule has 0 aromatic rings. The van der Waals surface area contributed by atoms with Crippen LogP contribution >= 0.6 is 0 Å². The van der Waals surface area contributed by atoms with Crippen molar-refractivity contribution in [1.29, 1.82) is 0 Å². The van der Waals surface area contributed by atoms with E-state index in [1.54, 1.807) is 6.08 Å². The molecule has 2 heteroatoms. The molecule has 0 saturated carbocycles. The van der Waals surface area contributed by atoms with E-state index in [0.29, 0.717) is 5.76 Å². The Hall–Kier alpha value is -0.920. The van der Waals surface area contributed by atoms with Gasteiger partial charge in [-0.15, -0.1) is 0 Å². The summed E-state index contributed by atoms with van der Waals surface area (Å²) in [4.78, 5) is 0. The molecule has 0 fully saturated rings. The van der Waals surface area contributed by atoms with Crippen LogP contribution in [0.15, 0.2) is 24.2 Å². The molecule has 0 aliphatic rings. The lowest BCUT2D eigenvalue weighted by Crippen LogP contribution is -1.85. The molecule has 25 heavy (non-hydrogen) atoms. The van der Waals surface area contributed by atoms with E-state index in [1.165, 1.54) is 109 Å². The fourth-order valence-electron chi connectivity index (χ4n) is 3.27. The van der Waals surface area contributed by atoms with Crippen molar-refractivity contribution in [1.82, 2.24) is 0 Å². The van der Waals surface area contributed by atoms with Gasteiger partial charge in [-0.25, -0.2) is 0 Å². The predicted octanol–water partition coefficient (Wildman–Crippen LogP) is 8.54. The maximum Gasteiger partial charge on any atom is 0.0923 e. The van der Waals surface area contributed by atoms with Crippen LogP contribution in [-0.2, 0) is 0 Å². The topological polar surface area (TPSA) is 40.5 Å². The average molecular weight is 353 g/mol. The zero-order valence-electron chi connectivity index (χ0n) is 16.9. The number of aliphatic hydroxyl groups excluding tert-OH is 2. The Balaban J connectivity index is 3.09. The zero-order valence-corrected chi connectivity index (χ0v) is 16.9. The van der Waals surface area contributed by atoms with Gasteiger partial charge in [-0.3, -0.25) is 0 Å². The van der Waals surface area contributed by atoms with Gasteiger partial charge in [0.05, 0.1) is 12.0 Å². The van der Waals surface area contributed by atoms with Gasteiger partial charge in [-0.05, 0) is 18.6 Å². The Labute approximate surface area is 157 Å². The highest BCUT2D eigenvalue weighted by Gasteiger charge is 1.96. The van der Waals surface area contributed by atoms with Crippen LogP contribution < -0.4 is 0 Å². The molecule has 0 radical (unpaired) electrons. The number of hydrogen-bond acceptors (Lipinski definition) is 2. The van der Waals surface area contributed by atoms with E-state index in [1.807, 2.05) is 0 Å². The summed E-state index contributed by atoms with van der Waals surface area (Å²) in [6, 6.07) is 0. The first-order valence-electron chi connectivity index (χ1n) is 11.0. The van der Waals surface area contributed by atoms with Gasteiger partial charge in [-0.1, -0.05) is 110 Å². The maximum atomic E-state index is 9.50. The van der Waals surface area contributed by atoms with Gasteiger partial charge in [-0.2, -0.15) is 0 Å². The molecule has 0 unspecified atom stereocenters. The van der Waals surface area contributed by atoms with Gasteiger partial charge in [0.25, 0.3) is 0 Å². The Bertz CT molecular complexity index is 307. The highest BCUT2D eigenvalue weighted by Crippen LogP contribution is 2.14. The first kappa shape index (κ1) is 24.1. The van der Waals surface area contributed by atoms with E-state index >= 15 is 0 Å². The molecule has 0 saturated heterocycles. The van der Waals surface area contributed by atoms with Crippen LogP contribution in [0.2, 0.25) is 0 Å². The number of unbranched alkanes of at least 4 members (excludes halogenated alkanes) is 16. The predicted molar refractivity (Wildman–Crippen MR) is 111 cm³/mol. The summed E-state index contributed by atoms with van der Waals surface area (Å²) in [6.45, 7) is 2.28. The molecule has 0 bridgehead atoms. The summed E-state index contributed by atoms with van der Waals surface area (Å²) in [7, 11) is 0. The molecular weight excluding hydrogens is 308 g/mol. The lowest BCUT2D eigenvalue weighted by molar-refractivity contribution is 0.379. The molecule has 148 valence electrons. The summed E-state index contributed by atoms with van der Waals surface area (Å²) in [6.07, 6.45) is 28.0. The van der Waals surface area contributed by atoms with Gasteiger partial charge < -0.3 is 10.2 Å². The van der Waals surface area contributed by atoms with Crippen LogP contribution in [-0.4, -0.2) is 10.2 Å². The second-order valence-electron chi connectivity index (χ2n) is 7.41. The van der Waals surface area contributed by atoms with E-state index in [4.69, 9.17) is 5.11 Å². The van der Waals surface area contributed by atoms with Gasteiger partial charge in [0.1, 0.15) is 0 Å². The van der Waals surface area contributed by atoms with Crippen LogP contribution in [0.4, 0.5) is 0 Å². The van der Waals surface area contributed by atoms with Crippen LogP contribution in [0.25, 0.3) is 0 Å². The minimum Gasteiger partial charge on any atom is -0.516 e. The van der Waals surface area contributed by atoms with E-state index in [9.17, 15) is 5.11 Å². The van der Waals surface area contributed by atoms with Crippen molar-refractivity contribution in [2.24, 2.45) is 0 Å². The highest BCUT2D eigenvalue weighted by atomic mass is 16.3. The second kappa shape index (κ2) is 21.1. The van der Waals surface area contributed by atoms with Crippen LogP contribution in [0.5, 0.6) is 0 Å². The van der Waals surface area contributed by atoms with Crippen LogP contribution in [0, 0.1) is 0 Å². The van der Waals surface area contributed by atoms with E-state index in [-0.39, 0.29) is 0 Å². The summed E-state index contributed by atoms with van der Waals surface area (Å²) >= 11 is 0. The van der Waals surface area contributed by atoms with Crippen molar-refractivity contribution in [2.45, 2.75) is 122 Å². The number of allylic oxidation sites excluding steroid dienone is 3. The molecule has 0 spiro atoms. The van der Waals surface area contributed by atoms with Crippen molar-refractivity contribution < 1.29 is 10.2 Å². The number of rotatable bonds is 19. The molecule has 0 aromatic heterocycles. The van der Waals surface area contributed by atoms with Gasteiger partial charge >= 0.3 is 0 Å². The Morgan fingerprint density at radius 3 is 1.32 bits per heavy atom. The SMILES string of the molecule is CCCCCCCCCCCCCCCCCCC/C(O)=C/C=C/O. The first-order chi connectivity index (χ1) is 12.3. The van der Waals surface area contributed by atoms with Gasteiger partial charge in [0.15, 0.2) is 0 Å². The lowest BCUT2D eigenvalue weighted by atomic mass is 10.0. The summed E-state index contributed by atoms with van der Waals surface area (Å²) in [5.74, 6) is 0.367. The van der Waals surface area contributed by atoms with Crippen molar-refractivity contribution >= 4 is 0 Å². The Morgan fingerprint density at radius 1 is 0.600 bits per heavy atom. The Morgan fingerprint density at radius 2 is 0.960 bits per heavy atom. The summed E-state index contributed by atoms with van der Waals surface area (Å²) in [5.41, 5.74) is 0. The minimum atomic E-state index is 0.367. The third-order valence-corrected chi connectivity index (χ3v) is 4.91. The fraction of sp³-hybridized carbons (Fsp3) is 0.826. The first-order valence-corrected chi connectivity index (χ1v) is 11.0. The number of aliphatic hydroxyl groups is 2. The monoisotopic (exact) mass is 352 g/mol. The molecule has 0 aliphatic carbocycles. The standard InChI is InChI=1S/C23H44O2/c1-2-3-4-5-6-7-8-9-10-11-12-13-14-15-16-17-18-20-23(25)21-19-22-24/h19,21-22,24-25H,2-18,20H2,1H3/b22-19+,23-21-. The normalized spacial score (nSPS) is 12.3. The van der Waals surface area contributed by atoms with Crippen molar-refractivity contribution in [2.75, 3.05) is 0 Å². The molecule has 0 heterocycles. The van der Waals surface area contributed by atoms with Gasteiger partial charge in [0.2, 0.25) is 0 Å². The Kier molecular flexibility index (Phi) is 20.3. The quantitative estimate of drug-likeness (QED) is 0.139. The molecule has 0 rings (SSSR count). The minimum absolute atomic E-state index is 0.367. The highest BCUT2D eigenvalue weighted by molar-refractivity contribution is 5.04.